The molecule has 4 heterocycles. The van der Waals surface area contributed by atoms with Crippen LogP contribution in [0.5, 0.6) is 11.5 Å². The normalized spacial score (nSPS) is 20.8. The van der Waals surface area contributed by atoms with Crippen molar-refractivity contribution < 1.29 is 13.9 Å². The molecular weight excluding hydrogens is 488 g/mol. The van der Waals surface area contributed by atoms with E-state index in [0.29, 0.717) is 24.0 Å². The van der Waals surface area contributed by atoms with Crippen molar-refractivity contribution in [1.82, 2.24) is 14.8 Å². The minimum absolute atomic E-state index is 0.516. The minimum Gasteiger partial charge on any atom is -0.493 e. The van der Waals surface area contributed by atoms with Crippen LogP contribution >= 0.6 is 0 Å². The molecule has 3 aliphatic rings. The molecule has 0 bridgehead atoms. The molecule has 2 aromatic heterocycles. The van der Waals surface area contributed by atoms with Crippen molar-refractivity contribution in [2.75, 3.05) is 65.9 Å². The zero-order chi connectivity index (χ0) is 27.1. The van der Waals surface area contributed by atoms with E-state index in [-0.39, 0.29) is 0 Å². The highest BCUT2D eigenvalue weighted by atomic mass is 16.5. The Hall–Kier alpha value is -2.77. The number of nitrogens with zero attached hydrogens (tertiary/aromatic N) is 4. The highest BCUT2D eigenvalue weighted by molar-refractivity contribution is 5.96. The summed E-state index contributed by atoms with van der Waals surface area (Å²) in [5.74, 6) is 3.80. The molecule has 7 nitrogen and oxygen atoms in total. The first kappa shape index (κ1) is 26.5. The van der Waals surface area contributed by atoms with E-state index < -0.39 is 0 Å². The predicted octanol–water partition coefficient (Wildman–Crippen LogP) is 5.84. The fraction of sp³-hybridized carbons (Fsp3) is 0.594. The molecule has 7 heteroatoms. The second kappa shape index (κ2) is 10.7. The minimum atomic E-state index is 0.516. The summed E-state index contributed by atoms with van der Waals surface area (Å²) in [6.07, 6.45) is 7.47. The van der Waals surface area contributed by atoms with Crippen molar-refractivity contribution in [3.63, 3.8) is 0 Å². The number of hydrogen-bond donors (Lipinski definition) is 0. The van der Waals surface area contributed by atoms with Crippen LogP contribution in [0.4, 0.5) is 5.69 Å². The Labute approximate surface area is 233 Å². The Kier molecular flexibility index (Phi) is 7.23. The molecule has 3 fully saturated rings. The number of benzene rings is 1. The van der Waals surface area contributed by atoms with Crippen molar-refractivity contribution in [3.8, 4) is 23.0 Å². The fourth-order valence-corrected chi connectivity index (χ4v) is 6.83. The molecule has 1 spiro atoms. The van der Waals surface area contributed by atoms with E-state index in [1.54, 1.807) is 7.11 Å². The highest BCUT2D eigenvalue weighted by Crippen LogP contribution is 2.52. The maximum atomic E-state index is 6.40. The predicted molar refractivity (Wildman–Crippen MR) is 157 cm³/mol. The standard InChI is InChI=1S/C32H44N4O3/c1-22-6-7-29(39-22)27-17-28(36(4)24-19-32(20-24)10-14-35(3)15-11-32)25-16-30(37-5)31(18-26(25)33-27)38-21-23-8-12-34(2)13-9-23/h6-7,16-18,23-24H,8-15,19-21H2,1-5H3. The second-order valence-electron chi connectivity index (χ2n) is 12.5. The zero-order valence-corrected chi connectivity index (χ0v) is 24.3. The van der Waals surface area contributed by atoms with Gasteiger partial charge >= 0.3 is 0 Å². The maximum absolute atomic E-state index is 6.40. The van der Waals surface area contributed by atoms with Crippen LogP contribution in [0.15, 0.2) is 34.7 Å². The topological polar surface area (TPSA) is 54.2 Å². The first-order chi connectivity index (χ1) is 18.8. The summed E-state index contributed by atoms with van der Waals surface area (Å²) < 4.78 is 18.3. The molecule has 6 rings (SSSR count). The third-order valence-electron chi connectivity index (χ3n) is 9.69. The SMILES string of the molecule is COc1cc2c(N(C)C3CC4(CCN(C)CC4)C3)cc(-c3ccc(C)o3)nc2cc1OCC1CCN(C)CC1. The average molecular weight is 533 g/mol. The summed E-state index contributed by atoms with van der Waals surface area (Å²) in [4.78, 5) is 12.4. The van der Waals surface area contributed by atoms with Crippen LogP contribution in [0.3, 0.4) is 0 Å². The molecule has 3 aromatic rings. The van der Waals surface area contributed by atoms with Crippen molar-refractivity contribution >= 4 is 16.6 Å². The number of furan rings is 1. The van der Waals surface area contributed by atoms with Gasteiger partial charge in [-0.15, -0.1) is 0 Å². The van der Waals surface area contributed by atoms with Crippen LogP contribution in [0.1, 0.15) is 44.3 Å². The van der Waals surface area contributed by atoms with Gasteiger partial charge in [-0.25, -0.2) is 4.98 Å². The first-order valence-corrected chi connectivity index (χ1v) is 14.6. The van der Waals surface area contributed by atoms with Gasteiger partial charge in [0.05, 0.1) is 19.2 Å². The molecule has 0 unspecified atom stereocenters. The Balaban J connectivity index is 1.31. The fourth-order valence-electron chi connectivity index (χ4n) is 6.83. The summed E-state index contributed by atoms with van der Waals surface area (Å²) >= 11 is 0. The summed E-state index contributed by atoms with van der Waals surface area (Å²) in [5.41, 5.74) is 3.46. The van der Waals surface area contributed by atoms with Gasteiger partial charge in [0.15, 0.2) is 17.3 Å². The van der Waals surface area contributed by atoms with E-state index in [1.165, 1.54) is 57.3 Å². The molecule has 0 atom stereocenters. The lowest BCUT2D eigenvalue weighted by molar-refractivity contribution is 0.0249. The average Bonchev–Trinajstić information content (AvgIpc) is 3.36. The van der Waals surface area contributed by atoms with E-state index >= 15 is 0 Å². The van der Waals surface area contributed by atoms with E-state index in [4.69, 9.17) is 18.9 Å². The number of hydrogen-bond acceptors (Lipinski definition) is 7. The number of aromatic nitrogens is 1. The van der Waals surface area contributed by atoms with E-state index in [2.05, 4.69) is 54.0 Å². The number of rotatable bonds is 7. The summed E-state index contributed by atoms with van der Waals surface area (Å²) in [5, 5.41) is 1.09. The molecule has 2 aliphatic heterocycles. The Morgan fingerprint density at radius 2 is 1.72 bits per heavy atom. The molecule has 0 radical (unpaired) electrons. The molecule has 1 aromatic carbocycles. The first-order valence-electron chi connectivity index (χ1n) is 14.6. The van der Waals surface area contributed by atoms with Crippen LogP contribution < -0.4 is 14.4 Å². The number of aryl methyl sites for hydroxylation is 1. The van der Waals surface area contributed by atoms with Crippen LogP contribution in [0, 0.1) is 18.3 Å². The van der Waals surface area contributed by atoms with Crippen molar-refractivity contribution in [2.24, 2.45) is 11.3 Å². The quantitative estimate of drug-likeness (QED) is 0.379. The third-order valence-corrected chi connectivity index (χ3v) is 9.69. The molecular formula is C32H44N4O3. The number of fused-ring (bicyclic) bond motifs is 1. The highest BCUT2D eigenvalue weighted by Gasteiger charge is 2.47. The monoisotopic (exact) mass is 532 g/mol. The van der Waals surface area contributed by atoms with Crippen molar-refractivity contribution in [3.05, 3.63) is 36.1 Å². The van der Waals surface area contributed by atoms with Crippen LogP contribution in [-0.4, -0.2) is 81.9 Å². The van der Waals surface area contributed by atoms with E-state index in [9.17, 15) is 0 Å². The van der Waals surface area contributed by atoms with Gasteiger partial charge < -0.3 is 28.6 Å². The third kappa shape index (κ3) is 5.36. The number of methoxy groups -OCH3 is 1. The number of piperidine rings is 2. The van der Waals surface area contributed by atoms with Crippen molar-refractivity contribution in [1.29, 1.82) is 0 Å². The number of ether oxygens (including phenoxy) is 2. The lowest BCUT2D eigenvalue weighted by Crippen LogP contribution is -2.53. The van der Waals surface area contributed by atoms with E-state index in [0.717, 1.165) is 52.7 Å². The zero-order valence-electron chi connectivity index (χ0n) is 24.3. The second-order valence-corrected chi connectivity index (χ2v) is 12.5. The summed E-state index contributed by atoms with van der Waals surface area (Å²) in [7, 11) is 8.42. The van der Waals surface area contributed by atoms with Crippen LogP contribution in [0.2, 0.25) is 0 Å². The Morgan fingerprint density at radius 3 is 2.38 bits per heavy atom. The number of pyridine rings is 1. The van der Waals surface area contributed by atoms with Crippen LogP contribution in [0.25, 0.3) is 22.4 Å². The molecule has 39 heavy (non-hydrogen) atoms. The van der Waals surface area contributed by atoms with Gasteiger partial charge in [0.25, 0.3) is 0 Å². The van der Waals surface area contributed by atoms with Crippen molar-refractivity contribution in [2.45, 2.75) is 51.5 Å². The number of anilines is 1. The van der Waals surface area contributed by atoms with Gasteiger partial charge in [-0.3, -0.25) is 0 Å². The summed E-state index contributed by atoms with van der Waals surface area (Å²) in [6.45, 7) is 7.38. The largest absolute Gasteiger partial charge is 0.493 e. The number of likely N-dealkylation sites (tertiary alicyclic amines) is 2. The maximum Gasteiger partial charge on any atom is 0.163 e. The van der Waals surface area contributed by atoms with Crippen LogP contribution in [-0.2, 0) is 0 Å². The molecule has 0 N–H and O–H groups in total. The van der Waals surface area contributed by atoms with E-state index in [1.807, 2.05) is 19.1 Å². The molecule has 210 valence electrons. The molecule has 1 aliphatic carbocycles. The smallest absolute Gasteiger partial charge is 0.163 e. The lowest BCUT2D eigenvalue weighted by Gasteiger charge is -2.55. The van der Waals surface area contributed by atoms with Gasteiger partial charge in [-0.2, -0.15) is 0 Å². The van der Waals surface area contributed by atoms with Gasteiger partial charge in [-0.1, -0.05) is 0 Å². The molecule has 2 saturated heterocycles. The van der Waals surface area contributed by atoms with Gasteiger partial charge in [0, 0.05) is 30.2 Å². The lowest BCUT2D eigenvalue weighted by atomic mass is 9.60. The molecule has 0 amide bonds. The summed E-state index contributed by atoms with van der Waals surface area (Å²) in [6, 6.07) is 10.9. The molecule has 1 saturated carbocycles. The van der Waals surface area contributed by atoms with Gasteiger partial charge in [0.1, 0.15) is 11.5 Å². The Bertz CT molecular complexity index is 1300. The Morgan fingerprint density at radius 1 is 1.00 bits per heavy atom. The van der Waals surface area contributed by atoms with Gasteiger partial charge in [-0.05, 0) is 121 Å². The van der Waals surface area contributed by atoms with Gasteiger partial charge in [0.2, 0.25) is 0 Å².